The third kappa shape index (κ3) is 4.69. The predicted octanol–water partition coefficient (Wildman–Crippen LogP) is -0.883. The van der Waals surface area contributed by atoms with Crippen LogP contribution in [-0.4, -0.2) is 58.3 Å². The molecule has 0 aromatic heterocycles. The molecule has 20 heavy (non-hydrogen) atoms. The molecule has 0 aromatic rings. The zero-order valence-electron chi connectivity index (χ0n) is 11.4. The first-order chi connectivity index (χ1) is 9.31. The minimum absolute atomic E-state index is 0.153. The molecular formula is C12H21N3O5. The van der Waals surface area contributed by atoms with Gasteiger partial charge in [-0.25, -0.2) is 9.59 Å². The summed E-state index contributed by atoms with van der Waals surface area (Å²) in [4.78, 5) is 35.1. The van der Waals surface area contributed by atoms with Crippen LogP contribution in [0.3, 0.4) is 0 Å². The minimum Gasteiger partial charge on any atom is -0.480 e. The largest absolute Gasteiger partial charge is 0.480 e. The van der Waals surface area contributed by atoms with Crippen LogP contribution >= 0.6 is 0 Å². The Bertz CT molecular complexity index is 377. The number of carbonyl (C=O) groups is 3. The van der Waals surface area contributed by atoms with Gasteiger partial charge in [-0.15, -0.1) is 0 Å². The second kappa shape index (κ2) is 7.09. The Balaban J connectivity index is 2.50. The third-order valence-electron chi connectivity index (χ3n) is 3.51. The molecule has 0 saturated carbocycles. The summed E-state index contributed by atoms with van der Waals surface area (Å²) in [6.07, 6.45) is 0.476. The average molecular weight is 287 g/mol. The van der Waals surface area contributed by atoms with Crippen molar-refractivity contribution in [3.63, 3.8) is 0 Å². The number of amides is 3. The first-order valence-electron chi connectivity index (χ1n) is 6.56. The Labute approximate surface area is 116 Å². The normalized spacial score (nSPS) is 19.2. The molecule has 1 fully saturated rings. The number of rotatable bonds is 5. The molecule has 1 saturated heterocycles. The van der Waals surface area contributed by atoms with E-state index in [9.17, 15) is 19.5 Å². The van der Waals surface area contributed by atoms with Gasteiger partial charge in [0.1, 0.15) is 6.04 Å². The first kappa shape index (κ1) is 16.2. The lowest BCUT2D eigenvalue weighted by atomic mass is 9.92. The molecule has 114 valence electrons. The zero-order chi connectivity index (χ0) is 15.3. The minimum atomic E-state index is -1.31. The predicted molar refractivity (Wildman–Crippen MR) is 69.7 cm³/mol. The zero-order valence-corrected chi connectivity index (χ0v) is 11.4. The first-order valence-corrected chi connectivity index (χ1v) is 6.56. The molecule has 8 nitrogen and oxygen atoms in total. The summed E-state index contributed by atoms with van der Waals surface area (Å²) in [5.41, 5.74) is 4.94. The van der Waals surface area contributed by atoms with Crippen molar-refractivity contribution < 1.29 is 24.6 Å². The highest BCUT2D eigenvalue weighted by Crippen LogP contribution is 2.20. The Hall–Kier alpha value is -1.83. The topological polar surface area (TPSA) is 133 Å². The molecule has 1 unspecified atom stereocenters. The van der Waals surface area contributed by atoms with Gasteiger partial charge in [-0.3, -0.25) is 4.79 Å². The molecule has 2 atom stereocenters. The number of aliphatic hydroxyl groups is 1. The fourth-order valence-electron chi connectivity index (χ4n) is 2.23. The van der Waals surface area contributed by atoms with Crippen LogP contribution in [-0.2, 0) is 9.59 Å². The number of likely N-dealkylation sites (tertiary alicyclic amines) is 1. The molecule has 1 rings (SSSR count). The van der Waals surface area contributed by atoms with E-state index < -0.39 is 36.5 Å². The van der Waals surface area contributed by atoms with Crippen molar-refractivity contribution in [3.05, 3.63) is 0 Å². The Morgan fingerprint density at radius 1 is 1.35 bits per heavy atom. The van der Waals surface area contributed by atoms with Crippen LogP contribution in [0.25, 0.3) is 0 Å². The molecule has 8 heteroatoms. The van der Waals surface area contributed by atoms with E-state index in [1.807, 2.05) is 0 Å². The number of nitrogens with zero attached hydrogens (tertiary/aromatic N) is 1. The number of primary amides is 1. The van der Waals surface area contributed by atoms with Gasteiger partial charge in [-0.1, -0.05) is 0 Å². The summed E-state index contributed by atoms with van der Waals surface area (Å²) >= 11 is 0. The maximum atomic E-state index is 11.9. The number of carboxylic acid groups (broad SMARTS) is 1. The van der Waals surface area contributed by atoms with Crippen molar-refractivity contribution in [1.29, 1.82) is 0 Å². The van der Waals surface area contributed by atoms with E-state index >= 15 is 0 Å². The van der Waals surface area contributed by atoms with E-state index in [0.717, 1.165) is 0 Å². The summed E-state index contributed by atoms with van der Waals surface area (Å²) in [7, 11) is 0. The summed E-state index contributed by atoms with van der Waals surface area (Å²) in [5, 5.41) is 20.7. The Kier molecular flexibility index (Phi) is 5.75. The average Bonchev–Trinajstić information content (AvgIpc) is 2.37. The lowest BCUT2D eigenvalue weighted by molar-refractivity contribution is -0.141. The van der Waals surface area contributed by atoms with Crippen molar-refractivity contribution in [2.45, 2.75) is 38.3 Å². The standard InChI is InChI=1S/C12H21N3O5/c1-7(16)8-2-4-15(5-3-8)12(20)14-9(11(18)19)6-10(13)17/h7-9,16H,2-6H2,1H3,(H2,13,17)(H,14,20)(H,18,19)/t7?,9-/m1/s1. The molecule has 0 aliphatic carbocycles. The van der Waals surface area contributed by atoms with Crippen LogP contribution in [0.4, 0.5) is 4.79 Å². The van der Waals surface area contributed by atoms with Crippen LogP contribution in [0.1, 0.15) is 26.2 Å². The molecule has 3 amide bonds. The van der Waals surface area contributed by atoms with E-state index in [2.05, 4.69) is 5.32 Å². The van der Waals surface area contributed by atoms with Gasteiger partial charge in [-0.2, -0.15) is 0 Å². The monoisotopic (exact) mass is 287 g/mol. The van der Waals surface area contributed by atoms with Gasteiger partial charge in [0.2, 0.25) is 5.91 Å². The molecule has 0 radical (unpaired) electrons. The number of piperidine rings is 1. The molecule has 1 heterocycles. The molecule has 0 bridgehead atoms. The van der Waals surface area contributed by atoms with Gasteiger partial charge < -0.3 is 26.2 Å². The number of nitrogens with one attached hydrogen (secondary N) is 1. The molecule has 0 aromatic carbocycles. The van der Waals surface area contributed by atoms with Crippen LogP contribution in [0.5, 0.6) is 0 Å². The van der Waals surface area contributed by atoms with E-state index in [1.54, 1.807) is 6.92 Å². The maximum Gasteiger partial charge on any atom is 0.326 e. The number of urea groups is 1. The third-order valence-corrected chi connectivity index (χ3v) is 3.51. The lowest BCUT2D eigenvalue weighted by Gasteiger charge is -2.33. The second-order valence-corrected chi connectivity index (χ2v) is 5.08. The highest BCUT2D eigenvalue weighted by Gasteiger charge is 2.28. The molecule has 1 aliphatic heterocycles. The smallest absolute Gasteiger partial charge is 0.326 e. The number of hydrogen-bond donors (Lipinski definition) is 4. The van der Waals surface area contributed by atoms with Crippen molar-refractivity contribution in [2.75, 3.05) is 13.1 Å². The fraction of sp³-hybridized carbons (Fsp3) is 0.750. The highest BCUT2D eigenvalue weighted by molar-refractivity contribution is 5.87. The number of nitrogens with two attached hydrogens (primary N) is 1. The van der Waals surface area contributed by atoms with Gasteiger partial charge >= 0.3 is 12.0 Å². The maximum absolute atomic E-state index is 11.9. The van der Waals surface area contributed by atoms with Gasteiger partial charge in [0.25, 0.3) is 0 Å². The summed E-state index contributed by atoms with van der Waals surface area (Å²) < 4.78 is 0. The molecular weight excluding hydrogens is 266 g/mol. The van der Waals surface area contributed by atoms with E-state index in [0.29, 0.717) is 25.9 Å². The molecule has 0 spiro atoms. The number of carboxylic acids is 1. The van der Waals surface area contributed by atoms with Crippen molar-refractivity contribution in [3.8, 4) is 0 Å². The van der Waals surface area contributed by atoms with Crippen LogP contribution in [0, 0.1) is 5.92 Å². The number of carbonyl (C=O) groups excluding carboxylic acids is 2. The molecule has 1 aliphatic rings. The van der Waals surface area contributed by atoms with E-state index in [1.165, 1.54) is 4.90 Å². The fourth-order valence-corrected chi connectivity index (χ4v) is 2.23. The van der Waals surface area contributed by atoms with Crippen LogP contribution in [0.2, 0.25) is 0 Å². The Morgan fingerprint density at radius 3 is 2.30 bits per heavy atom. The summed E-state index contributed by atoms with van der Waals surface area (Å²) in [6.45, 7) is 2.61. The lowest BCUT2D eigenvalue weighted by Crippen LogP contribution is -2.51. The number of hydrogen-bond acceptors (Lipinski definition) is 4. The van der Waals surface area contributed by atoms with Crippen molar-refractivity contribution >= 4 is 17.9 Å². The van der Waals surface area contributed by atoms with Crippen LogP contribution in [0.15, 0.2) is 0 Å². The Morgan fingerprint density at radius 2 is 1.90 bits per heavy atom. The SMILES string of the molecule is CC(O)C1CCN(C(=O)N[C@H](CC(N)=O)C(=O)O)CC1. The quantitative estimate of drug-likeness (QED) is 0.521. The summed E-state index contributed by atoms with van der Waals surface area (Å²) in [5.74, 6) is -1.93. The second-order valence-electron chi connectivity index (χ2n) is 5.08. The van der Waals surface area contributed by atoms with Crippen molar-refractivity contribution in [2.24, 2.45) is 11.7 Å². The molecule has 5 N–H and O–H groups in total. The number of aliphatic carboxylic acids is 1. The van der Waals surface area contributed by atoms with Gasteiger partial charge in [0, 0.05) is 13.1 Å². The summed E-state index contributed by atoms with van der Waals surface area (Å²) in [6, 6.07) is -1.84. The van der Waals surface area contributed by atoms with Gasteiger partial charge in [0.15, 0.2) is 0 Å². The van der Waals surface area contributed by atoms with Gasteiger partial charge in [0.05, 0.1) is 12.5 Å². The van der Waals surface area contributed by atoms with E-state index in [-0.39, 0.29) is 5.92 Å². The highest BCUT2D eigenvalue weighted by atomic mass is 16.4. The van der Waals surface area contributed by atoms with Crippen molar-refractivity contribution in [1.82, 2.24) is 10.2 Å². The van der Waals surface area contributed by atoms with Gasteiger partial charge in [-0.05, 0) is 25.7 Å². The van der Waals surface area contributed by atoms with Crippen LogP contribution < -0.4 is 11.1 Å². The van der Waals surface area contributed by atoms with E-state index in [4.69, 9.17) is 10.8 Å². The number of aliphatic hydroxyl groups excluding tert-OH is 1.